The SMILES string of the molecule is CCOC(=O)c1cc(F)c(OC)c(CC(N)C(=O)O)[c]1[Al]. The van der Waals surface area contributed by atoms with Crippen LogP contribution in [0.3, 0.4) is 0 Å². The van der Waals surface area contributed by atoms with Gasteiger partial charge in [-0.25, -0.2) is 9.18 Å². The lowest BCUT2D eigenvalue weighted by molar-refractivity contribution is -0.138. The molecule has 6 nitrogen and oxygen atoms in total. The molecule has 1 atom stereocenters. The fourth-order valence-electron chi connectivity index (χ4n) is 1.81. The quantitative estimate of drug-likeness (QED) is 0.556. The molecule has 0 saturated carbocycles. The van der Waals surface area contributed by atoms with Crippen molar-refractivity contribution in [3.05, 3.63) is 23.0 Å². The number of benzene rings is 1. The molecule has 2 radical (unpaired) electrons. The third-order valence-electron chi connectivity index (χ3n) is 2.82. The maximum Gasteiger partial charge on any atom is 0.336 e. The second kappa shape index (κ2) is 7.41. The van der Waals surface area contributed by atoms with Gasteiger partial charge in [-0.1, -0.05) is 0 Å². The monoisotopic (exact) mass is 311 g/mol. The van der Waals surface area contributed by atoms with Gasteiger partial charge in [0.05, 0.1) is 13.7 Å². The third kappa shape index (κ3) is 3.94. The molecule has 0 saturated heterocycles. The summed E-state index contributed by atoms with van der Waals surface area (Å²) in [5, 5.41) is 8.87. The van der Waals surface area contributed by atoms with Gasteiger partial charge in [0.2, 0.25) is 0 Å². The number of methoxy groups -OCH3 is 1. The van der Waals surface area contributed by atoms with E-state index in [0.29, 0.717) is 4.43 Å². The lowest BCUT2D eigenvalue weighted by Gasteiger charge is -2.18. The van der Waals surface area contributed by atoms with Gasteiger partial charge in [0, 0.05) is 12.0 Å². The van der Waals surface area contributed by atoms with Crippen LogP contribution in [-0.4, -0.2) is 53.1 Å². The van der Waals surface area contributed by atoms with Crippen LogP contribution in [0.2, 0.25) is 0 Å². The topological polar surface area (TPSA) is 98.9 Å². The molecule has 0 heterocycles. The molecule has 3 N–H and O–H groups in total. The smallest absolute Gasteiger partial charge is 0.336 e. The summed E-state index contributed by atoms with van der Waals surface area (Å²) in [5.74, 6) is -2.85. The van der Waals surface area contributed by atoms with E-state index in [9.17, 15) is 14.0 Å². The molecule has 1 aromatic rings. The van der Waals surface area contributed by atoms with Crippen LogP contribution in [0.1, 0.15) is 22.8 Å². The molecule has 1 unspecified atom stereocenters. The zero-order chi connectivity index (χ0) is 16.2. The number of ether oxygens (including phenoxy) is 2. The van der Waals surface area contributed by atoms with Gasteiger partial charge in [-0.2, -0.15) is 0 Å². The standard InChI is InChI=1S/C13H15FNO5.Al/c1-3-20-13(18)8-4-7(6-10(15)12(16)17)11(19-2)9(14)5-8;/h5,10H,3,6,15H2,1-2H3,(H,16,17);. The Morgan fingerprint density at radius 3 is 2.62 bits per heavy atom. The fourth-order valence-corrected chi connectivity index (χ4v) is 2.26. The highest BCUT2D eigenvalue weighted by molar-refractivity contribution is 6.37. The number of carbonyl (C=O) groups is 2. The summed E-state index contributed by atoms with van der Waals surface area (Å²) in [6.45, 7) is 1.77. The average molecular weight is 311 g/mol. The molecule has 0 bridgehead atoms. The Labute approximate surface area is 129 Å². The van der Waals surface area contributed by atoms with Crippen molar-refractivity contribution in [1.29, 1.82) is 0 Å². The predicted molar refractivity (Wildman–Crippen MR) is 73.6 cm³/mol. The lowest BCUT2D eigenvalue weighted by atomic mass is 10.0. The Bertz CT molecular complexity index is 564. The largest absolute Gasteiger partial charge is 0.493 e. The molecule has 0 amide bonds. The fraction of sp³-hybridized carbons (Fsp3) is 0.385. The summed E-state index contributed by atoms with van der Waals surface area (Å²) in [4.78, 5) is 22.7. The summed E-state index contributed by atoms with van der Waals surface area (Å²) in [6.07, 6.45) is -0.179. The van der Waals surface area contributed by atoms with Gasteiger partial charge in [-0.15, -0.1) is 4.43 Å². The van der Waals surface area contributed by atoms with Crippen molar-refractivity contribution in [2.45, 2.75) is 19.4 Å². The summed E-state index contributed by atoms with van der Waals surface area (Å²) in [6, 6.07) is -0.246. The summed E-state index contributed by atoms with van der Waals surface area (Å²) >= 11 is 2.28. The molecule has 112 valence electrons. The first kappa shape index (κ1) is 17.4. The van der Waals surface area contributed by atoms with Crippen LogP contribution in [-0.2, 0) is 16.0 Å². The van der Waals surface area contributed by atoms with E-state index in [-0.39, 0.29) is 29.9 Å². The maximum absolute atomic E-state index is 14.0. The summed E-state index contributed by atoms with van der Waals surface area (Å²) in [7, 11) is 1.25. The summed E-state index contributed by atoms with van der Waals surface area (Å²) < 4.78 is 24.1. The number of nitrogens with two attached hydrogens (primary N) is 1. The van der Waals surface area contributed by atoms with Crippen molar-refractivity contribution in [3.63, 3.8) is 0 Å². The molecule has 21 heavy (non-hydrogen) atoms. The molecular formula is C13H15AlFNO5. The molecule has 0 fully saturated rings. The zero-order valence-electron chi connectivity index (χ0n) is 11.7. The number of hydrogen-bond donors (Lipinski definition) is 2. The molecule has 0 aromatic heterocycles. The Morgan fingerprint density at radius 1 is 1.52 bits per heavy atom. The van der Waals surface area contributed by atoms with E-state index in [4.69, 9.17) is 20.3 Å². The Balaban J connectivity index is 3.37. The van der Waals surface area contributed by atoms with E-state index in [1.54, 1.807) is 6.92 Å². The average Bonchev–Trinajstić information content (AvgIpc) is 2.42. The number of halogens is 1. The van der Waals surface area contributed by atoms with Gasteiger partial charge in [0.25, 0.3) is 0 Å². The first-order valence-electron chi connectivity index (χ1n) is 6.13. The van der Waals surface area contributed by atoms with Crippen LogP contribution in [0.5, 0.6) is 5.75 Å². The Kier molecular flexibility index (Phi) is 6.15. The van der Waals surface area contributed by atoms with Crippen molar-refractivity contribution in [2.75, 3.05) is 13.7 Å². The molecular weight excluding hydrogens is 296 g/mol. The normalized spacial score (nSPS) is 11.8. The van der Waals surface area contributed by atoms with Gasteiger partial charge in [-0.05, 0) is 18.6 Å². The van der Waals surface area contributed by atoms with E-state index in [1.165, 1.54) is 7.11 Å². The molecule has 8 heteroatoms. The number of carboxylic acids is 1. The molecule has 0 aliphatic heterocycles. The van der Waals surface area contributed by atoms with Crippen LogP contribution < -0.4 is 14.9 Å². The zero-order valence-corrected chi connectivity index (χ0v) is 12.8. The number of hydrogen-bond acceptors (Lipinski definition) is 5. The van der Waals surface area contributed by atoms with Crippen LogP contribution >= 0.6 is 0 Å². The van der Waals surface area contributed by atoms with Gasteiger partial charge < -0.3 is 20.3 Å². The van der Waals surface area contributed by atoms with Crippen molar-refractivity contribution in [1.82, 2.24) is 0 Å². The van der Waals surface area contributed by atoms with Gasteiger partial charge >= 0.3 is 11.9 Å². The minimum absolute atomic E-state index is 0.00672. The molecule has 0 aliphatic carbocycles. The van der Waals surface area contributed by atoms with Crippen molar-refractivity contribution in [3.8, 4) is 5.75 Å². The second-order valence-electron chi connectivity index (χ2n) is 4.20. The molecule has 1 rings (SSSR count). The van der Waals surface area contributed by atoms with E-state index >= 15 is 0 Å². The number of rotatable bonds is 6. The van der Waals surface area contributed by atoms with E-state index in [2.05, 4.69) is 16.3 Å². The van der Waals surface area contributed by atoms with Gasteiger partial charge in [0.1, 0.15) is 6.04 Å². The van der Waals surface area contributed by atoms with Crippen molar-refractivity contribution >= 4 is 32.7 Å². The highest BCUT2D eigenvalue weighted by Gasteiger charge is 2.23. The number of carbonyl (C=O) groups excluding carboxylic acids is 1. The summed E-state index contributed by atoms with van der Waals surface area (Å²) in [5.41, 5.74) is 5.67. The Hall–Kier alpha value is -1.62. The number of esters is 1. The first-order valence-corrected chi connectivity index (χ1v) is 6.71. The van der Waals surface area contributed by atoms with Crippen LogP contribution in [0.15, 0.2) is 6.07 Å². The van der Waals surface area contributed by atoms with E-state index < -0.39 is 23.8 Å². The van der Waals surface area contributed by atoms with E-state index in [1.807, 2.05) is 0 Å². The maximum atomic E-state index is 14.0. The Morgan fingerprint density at radius 2 is 2.14 bits per heavy atom. The van der Waals surface area contributed by atoms with Crippen LogP contribution in [0.4, 0.5) is 4.39 Å². The van der Waals surface area contributed by atoms with Gasteiger partial charge in [0.15, 0.2) is 27.9 Å². The van der Waals surface area contributed by atoms with Crippen molar-refractivity contribution < 1.29 is 28.6 Å². The minimum atomic E-state index is -1.24. The molecule has 0 aliphatic rings. The van der Waals surface area contributed by atoms with Crippen LogP contribution in [0.25, 0.3) is 0 Å². The molecule has 0 spiro atoms. The number of carboxylic acid groups (broad SMARTS) is 1. The highest BCUT2D eigenvalue weighted by Crippen LogP contribution is 2.24. The van der Waals surface area contributed by atoms with E-state index in [0.717, 1.165) is 6.07 Å². The second-order valence-corrected chi connectivity index (χ2v) is 4.78. The van der Waals surface area contributed by atoms with Gasteiger partial charge in [-0.3, -0.25) is 4.79 Å². The predicted octanol–water partition coefficient (Wildman–Crippen LogP) is -0.241. The third-order valence-corrected chi connectivity index (χ3v) is 3.48. The lowest BCUT2D eigenvalue weighted by Crippen LogP contribution is -2.35. The first-order chi connectivity index (χ1) is 9.83. The highest BCUT2D eigenvalue weighted by atomic mass is 27.0. The van der Waals surface area contributed by atoms with Crippen LogP contribution in [0, 0.1) is 5.82 Å². The van der Waals surface area contributed by atoms with Crippen molar-refractivity contribution in [2.24, 2.45) is 5.73 Å². The minimum Gasteiger partial charge on any atom is -0.493 e. The molecule has 1 aromatic carbocycles. The number of aliphatic carboxylic acids is 1.